The van der Waals surface area contributed by atoms with Crippen LogP contribution >= 0.6 is 11.6 Å². The molecule has 0 N–H and O–H groups in total. The van der Waals surface area contributed by atoms with E-state index in [9.17, 15) is 4.39 Å². The number of rotatable bonds is 3. The molecule has 4 aromatic rings. The van der Waals surface area contributed by atoms with Crippen LogP contribution in [0.5, 0.6) is 5.75 Å². The first-order valence-electron chi connectivity index (χ1n) is 7.61. The molecule has 2 aromatic heterocycles. The van der Waals surface area contributed by atoms with Gasteiger partial charge < -0.3 is 4.74 Å². The maximum absolute atomic E-state index is 13.4. The zero-order valence-corrected chi connectivity index (χ0v) is 14.0. The summed E-state index contributed by atoms with van der Waals surface area (Å²) in [5, 5.41) is 4.74. The summed E-state index contributed by atoms with van der Waals surface area (Å²) in [5.74, 6) is 0.280. The molecule has 2 aromatic carbocycles. The number of para-hydroxylation sites is 1. The summed E-state index contributed by atoms with van der Waals surface area (Å²) in [6.07, 6.45) is 1.69. The number of hydrogen-bond donors (Lipinski definition) is 0. The molecule has 0 aliphatic heterocycles. The van der Waals surface area contributed by atoms with Crippen molar-refractivity contribution in [2.45, 2.75) is 0 Å². The SMILES string of the molecule is COc1ccccc1-c1ccc2ncc(-c3ccc(F)c(Cl)c3)n2n1. The van der Waals surface area contributed by atoms with Crippen LogP contribution < -0.4 is 4.74 Å². The van der Waals surface area contributed by atoms with Crippen molar-refractivity contribution in [3.8, 4) is 28.3 Å². The lowest BCUT2D eigenvalue weighted by Gasteiger charge is -2.09. The van der Waals surface area contributed by atoms with Gasteiger partial charge in [-0.3, -0.25) is 0 Å². The molecule has 0 aliphatic rings. The molecule has 0 bridgehead atoms. The quantitative estimate of drug-likeness (QED) is 0.527. The van der Waals surface area contributed by atoms with E-state index in [0.29, 0.717) is 5.65 Å². The van der Waals surface area contributed by atoms with Crippen LogP contribution in [0.1, 0.15) is 0 Å². The van der Waals surface area contributed by atoms with E-state index in [1.54, 1.807) is 30.0 Å². The van der Waals surface area contributed by atoms with E-state index in [1.165, 1.54) is 6.07 Å². The van der Waals surface area contributed by atoms with E-state index in [1.807, 2.05) is 36.4 Å². The molecule has 0 spiro atoms. The highest BCUT2D eigenvalue weighted by molar-refractivity contribution is 6.31. The van der Waals surface area contributed by atoms with Crippen LogP contribution in [0, 0.1) is 5.82 Å². The third-order valence-corrected chi connectivity index (χ3v) is 4.25. The van der Waals surface area contributed by atoms with E-state index in [4.69, 9.17) is 16.3 Å². The molecular formula is C19H13ClFN3O. The Morgan fingerprint density at radius 3 is 2.72 bits per heavy atom. The maximum Gasteiger partial charge on any atom is 0.154 e. The van der Waals surface area contributed by atoms with Gasteiger partial charge in [0, 0.05) is 11.1 Å². The largest absolute Gasteiger partial charge is 0.496 e. The fraction of sp³-hybridized carbons (Fsp3) is 0.0526. The second-order valence-corrected chi connectivity index (χ2v) is 5.87. The molecule has 4 rings (SSSR count). The zero-order valence-electron chi connectivity index (χ0n) is 13.3. The van der Waals surface area contributed by atoms with E-state index in [-0.39, 0.29) is 5.02 Å². The van der Waals surface area contributed by atoms with Crippen LogP contribution in [0.4, 0.5) is 4.39 Å². The minimum Gasteiger partial charge on any atom is -0.496 e. The predicted molar refractivity (Wildman–Crippen MR) is 95.4 cm³/mol. The summed E-state index contributed by atoms with van der Waals surface area (Å²) in [6.45, 7) is 0. The van der Waals surface area contributed by atoms with Crippen molar-refractivity contribution < 1.29 is 9.13 Å². The van der Waals surface area contributed by atoms with Crippen molar-refractivity contribution in [2.75, 3.05) is 7.11 Å². The number of aromatic nitrogens is 3. The first-order chi connectivity index (χ1) is 12.2. The standard InChI is InChI=1S/C19H13ClFN3O/c1-25-18-5-3-2-4-13(18)16-8-9-19-22-11-17(24(19)23-16)12-6-7-15(21)14(20)10-12/h2-11H,1H3. The number of ether oxygens (including phenoxy) is 1. The Morgan fingerprint density at radius 1 is 1.08 bits per heavy atom. The van der Waals surface area contributed by atoms with Gasteiger partial charge in [0.05, 0.1) is 29.7 Å². The van der Waals surface area contributed by atoms with Crippen LogP contribution in [0.2, 0.25) is 5.02 Å². The van der Waals surface area contributed by atoms with E-state index >= 15 is 0 Å². The van der Waals surface area contributed by atoms with Crippen molar-refractivity contribution in [2.24, 2.45) is 0 Å². The summed E-state index contributed by atoms with van der Waals surface area (Å²) in [7, 11) is 1.63. The third kappa shape index (κ3) is 2.72. The Kier molecular flexibility index (Phi) is 3.86. The van der Waals surface area contributed by atoms with Gasteiger partial charge in [-0.05, 0) is 42.5 Å². The fourth-order valence-corrected chi connectivity index (χ4v) is 2.91. The number of nitrogens with zero attached hydrogens (tertiary/aromatic N) is 3. The molecule has 6 heteroatoms. The van der Waals surface area contributed by atoms with Crippen molar-refractivity contribution >= 4 is 17.2 Å². The van der Waals surface area contributed by atoms with Gasteiger partial charge in [-0.15, -0.1) is 0 Å². The van der Waals surface area contributed by atoms with Gasteiger partial charge in [0.25, 0.3) is 0 Å². The highest BCUT2D eigenvalue weighted by Crippen LogP contribution is 2.30. The van der Waals surface area contributed by atoms with Crippen molar-refractivity contribution in [3.05, 3.63) is 71.6 Å². The van der Waals surface area contributed by atoms with Crippen LogP contribution in [0.15, 0.2) is 60.8 Å². The monoisotopic (exact) mass is 353 g/mol. The number of imidazole rings is 1. The van der Waals surface area contributed by atoms with Crippen molar-refractivity contribution in [1.29, 1.82) is 0 Å². The highest BCUT2D eigenvalue weighted by atomic mass is 35.5. The Balaban J connectivity index is 1.89. The van der Waals surface area contributed by atoms with Crippen LogP contribution in [0.25, 0.3) is 28.2 Å². The summed E-state index contributed by atoms with van der Waals surface area (Å²) in [5.41, 5.74) is 3.78. The number of halogens is 2. The minimum atomic E-state index is -0.457. The molecule has 0 unspecified atom stereocenters. The maximum atomic E-state index is 13.4. The summed E-state index contributed by atoms with van der Waals surface area (Å²) >= 11 is 5.91. The molecule has 0 radical (unpaired) electrons. The summed E-state index contributed by atoms with van der Waals surface area (Å²) in [4.78, 5) is 4.36. The number of hydrogen-bond acceptors (Lipinski definition) is 3. The number of fused-ring (bicyclic) bond motifs is 1. The third-order valence-electron chi connectivity index (χ3n) is 3.96. The molecule has 0 aliphatic carbocycles. The Bertz CT molecular complexity index is 1080. The highest BCUT2D eigenvalue weighted by Gasteiger charge is 2.12. The van der Waals surface area contributed by atoms with E-state index < -0.39 is 5.82 Å². The lowest BCUT2D eigenvalue weighted by Crippen LogP contribution is -1.98. The first kappa shape index (κ1) is 15.6. The van der Waals surface area contributed by atoms with Crippen molar-refractivity contribution in [1.82, 2.24) is 14.6 Å². The Labute approximate surface area is 148 Å². The minimum absolute atomic E-state index is 0.0633. The lowest BCUT2D eigenvalue weighted by atomic mass is 10.1. The average molecular weight is 354 g/mol. The lowest BCUT2D eigenvalue weighted by molar-refractivity contribution is 0.416. The first-order valence-corrected chi connectivity index (χ1v) is 7.99. The number of methoxy groups -OCH3 is 1. The molecule has 0 saturated heterocycles. The summed E-state index contributed by atoms with van der Waals surface area (Å²) in [6, 6.07) is 16.0. The topological polar surface area (TPSA) is 39.4 Å². The van der Waals surface area contributed by atoms with Gasteiger partial charge in [0.1, 0.15) is 11.6 Å². The van der Waals surface area contributed by atoms with Crippen LogP contribution in [-0.2, 0) is 0 Å². The molecule has 2 heterocycles. The molecule has 4 nitrogen and oxygen atoms in total. The van der Waals surface area contributed by atoms with Gasteiger partial charge in [-0.2, -0.15) is 5.10 Å². The molecular weight excluding hydrogens is 341 g/mol. The Hall–Kier alpha value is -2.92. The van der Waals surface area contributed by atoms with Gasteiger partial charge in [0.15, 0.2) is 5.65 Å². The summed E-state index contributed by atoms with van der Waals surface area (Å²) < 4.78 is 20.6. The molecule has 0 fully saturated rings. The van der Waals surface area contributed by atoms with Gasteiger partial charge >= 0.3 is 0 Å². The zero-order chi connectivity index (χ0) is 17.4. The van der Waals surface area contributed by atoms with Gasteiger partial charge in [-0.1, -0.05) is 23.7 Å². The fourth-order valence-electron chi connectivity index (χ4n) is 2.73. The Morgan fingerprint density at radius 2 is 1.92 bits per heavy atom. The predicted octanol–water partition coefficient (Wildman–Crippen LogP) is 4.86. The second kappa shape index (κ2) is 6.18. The second-order valence-electron chi connectivity index (χ2n) is 5.46. The molecule has 0 atom stereocenters. The van der Waals surface area contributed by atoms with E-state index in [2.05, 4.69) is 10.1 Å². The molecule has 0 amide bonds. The molecule has 124 valence electrons. The normalized spacial score (nSPS) is 11.0. The average Bonchev–Trinajstić information content (AvgIpc) is 3.07. The van der Waals surface area contributed by atoms with Crippen LogP contribution in [-0.4, -0.2) is 21.7 Å². The molecule has 25 heavy (non-hydrogen) atoms. The molecule has 0 saturated carbocycles. The van der Waals surface area contributed by atoms with Gasteiger partial charge in [-0.25, -0.2) is 13.9 Å². The van der Waals surface area contributed by atoms with Crippen molar-refractivity contribution in [3.63, 3.8) is 0 Å². The van der Waals surface area contributed by atoms with Crippen LogP contribution in [0.3, 0.4) is 0 Å². The number of benzene rings is 2. The van der Waals surface area contributed by atoms with Gasteiger partial charge in [0.2, 0.25) is 0 Å². The smallest absolute Gasteiger partial charge is 0.154 e. The van der Waals surface area contributed by atoms with E-state index in [0.717, 1.165) is 28.3 Å².